The molecular formula is C24H25FN4O2. The molecule has 0 radical (unpaired) electrons. The summed E-state index contributed by atoms with van der Waals surface area (Å²) in [4.78, 5) is 32.9. The van der Waals surface area contributed by atoms with Gasteiger partial charge < -0.3 is 5.32 Å². The van der Waals surface area contributed by atoms with E-state index in [-0.39, 0.29) is 24.1 Å². The molecule has 2 amide bonds. The highest BCUT2D eigenvalue weighted by atomic mass is 19.1. The lowest BCUT2D eigenvalue weighted by molar-refractivity contribution is -0.125. The van der Waals surface area contributed by atoms with E-state index >= 15 is 0 Å². The number of aromatic nitrogens is 2. The Kier molecular flexibility index (Phi) is 5.18. The number of amides is 2. The first-order chi connectivity index (χ1) is 15.1. The molecule has 31 heavy (non-hydrogen) atoms. The van der Waals surface area contributed by atoms with Crippen molar-refractivity contribution in [3.8, 4) is 0 Å². The second kappa shape index (κ2) is 8.13. The molecule has 0 spiro atoms. The van der Waals surface area contributed by atoms with Gasteiger partial charge in [0.05, 0.1) is 23.1 Å². The van der Waals surface area contributed by atoms with Crippen LogP contribution in [0.3, 0.4) is 0 Å². The number of benzene rings is 2. The summed E-state index contributed by atoms with van der Waals surface area (Å²) in [6.07, 6.45) is 6.38. The van der Waals surface area contributed by atoms with Crippen LogP contribution in [0, 0.1) is 5.82 Å². The largest absolute Gasteiger partial charge is 0.324 e. The Hall–Kier alpha value is -3.22. The summed E-state index contributed by atoms with van der Waals surface area (Å²) < 4.78 is 15.9. The molecule has 7 heteroatoms. The lowest BCUT2D eigenvalue weighted by atomic mass is 10.1. The highest BCUT2D eigenvalue weighted by Gasteiger charge is 2.43. The molecule has 2 heterocycles. The Morgan fingerprint density at radius 3 is 2.52 bits per heavy atom. The van der Waals surface area contributed by atoms with Gasteiger partial charge in [-0.3, -0.25) is 19.1 Å². The van der Waals surface area contributed by atoms with Gasteiger partial charge in [0.15, 0.2) is 0 Å². The van der Waals surface area contributed by atoms with E-state index in [1.54, 1.807) is 12.1 Å². The standard InChI is InChI=1S/C24H25FN4O2/c25-17-11-5-6-12-18(17)26-22(30)15-21-23(31)28(16-9-3-1-2-4-10-16)24-27-19-13-7-8-14-20(19)29(21)24/h5-8,11-14,16,21H,1-4,9-10,15H2,(H,26,30). The first-order valence-corrected chi connectivity index (χ1v) is 11.0. The molecule has 160 valence electrons. The molecular weight excluding hydrogens is 395 g/mol. The van der Waals surface area contributed by atoms with Crippen LogP contribution in [-0.4, -0.2) is 27.4 Å². The molecule has 2 aliphatic rings. The van der Waals surface area contributed by atoms with Crippen molar-refractivity contribution in [1.29, 1.82) is 0 Å². The summed E-state index contributed by atoms with van der Waals surface area (Å²) in [5, 5.41) is 2.61. The van der Waals surface area contributed by atoms with E-state index in [9.17, 15) is 14.0 Å². The van der Waals surface area contributed by atoms with Gasteiger partial charge in [-0.25, -0.2) is 9.37 Å². The second-order valence-corrected chi connectivity index (χ2v) is 8.37. The molecule has 1 unspecified atom stereocenters. The number of hydrogen-bond acceptors (Lipinski definition) is 3. The smallest absolute Gasteiger partial charge is 0.253 e. The quantitative estimate of drug-likeness (QED) is 0.616. The van der Waals surface area contributed by atoms with Gasteiger partial charge in [0, 0.05) is 6.04 Å². The van der Waals surface area contributed by atoms with Crippen LogP contribution in [0.5, 0.6) is 0 Å². The van der Waals surface area contributed by atoms with E-state index in [1.165, 1.54) is 25.0 Å². The first-order valence-electron chi connectivity index (χ1n) is 11.0. The highest BCUT2D eigenvalue weighted by molar-refractivity contribution is 6.05. The van der Waals surface area contributed by atoms with E-state index in [2.05, 4.69) is 5.32 Å². The van der Waals surface area contributed by atoms with Gasteiger partial charge in [-0.05, 0) is 37.1 Å². The Morgan fingerprint density at radius 2 is 1.74 bits per heavy atom. The van der Waals surface area contributed by atoms with Crippen LogP contribution in [0.15, 0.2) is 48.5 Å². The van der Waals surface area contributed by atoms with Crippen LogP contribution in [0.4, 0.5) is 16.0 Å². The number of carbonyl (C=O) groups excluding carboxylic acids is 2. The third-order valence-electron chi connectivity index (χ3n) is 6.34. The van der Waals surface area contributed by atoms with Crippen LogP contribution in [0.1, 0.15) is 51.0 Å². The molecule has 1 saturated carbocycles. The number of hydrogen-bond donors (Lipinski definition) is 1. The van der Waals surface area contributed by atoms with E-state index in [0.29, 0.717) is 5.95 Å². The average Bonchev–Trinajstić information content (AvgIpc) is 3.10. The third-order valence-corrected chi connectivity index (χ3v) is 6.34. The average molecular weight is 420 g/mol. The Bertz CT molecular complexity index is 1130. The second-order valence-electron chi connectivity index (χ2n) is 8.37. The summed E-state index contributed by atoms with van der Waals surface area (Å²) in [5.74, 6) is -0.358. The molecule has 1 fully saturated rings. The number of anilines is 2. The molecule has 2 aromatic carbocycles. The minimum absolute atomic E-state index is 0.0657. The van der Waals surface area contributed by atoms with Gasteiger partial charge in [0.2, 0.25) is 11.9 Å². The summed E-state index contributed by atoms with van der Waals surface area (Å²) >= 11 is 0. The minimum Gasteiger partial charge on any atom is -0.324 e. The van der Waals surface area contributed by atoms with Gasteiger partial charge in [0.25, 0.3) is 5.91 Å². The molecule has 3 aromatic rings. The predicted molar refractivity (Wildman–Crippen MR) is 117 cm³/mol. The van der Waals surface area contributed by atoms with Crippen LogP contribution in [-0.2, 0) is 9.59 Å². The van der Waals surface area contributed by atoms with Gasteiger partial charge in [-0.1, -0.05) is 49.9 Å². The van der Waals surface area contributed by atoms with Crippen molar-refractivity contribution in [3.63, 3.8) is 0 Å². The van der Waals surface area contributed by atoms with E-state index in [1.807, 2.05) is 33.7 Å². The van der Waals surface area contributed by atoms with Gasteiger partial charge in [-0.15, -0.1) is 0 Å². The SMILES string of the molecule is O=C(CC1C(=O)N(C2CCCCCC2)c2nc3ccccc3n21)Nc1ccccc1F. The lowest BCUT2D eigenvalue weighted by Gasteiger charge is -2.25. The van der Waals surface area contributed by atoms with Crippen molar-refractivity contribution < 1.29 is 14.0 Å². The predicted octanol–water partition coefficient (Wildman–Crippen LogP) is 4.81. The maximum absolute atomic E-state index is 14.0. The molecule has 0 bridgehead atoms. The summed E-state index contributed by atoms with van der Waals surface area (Å²) in [6.45, 7) is 0. The normalized spacial score (nSPS) is 19.5. The molecule has 1 atom stereocenters. The fourth-order valence-electron chi connectivity index (χ4n) is 4.86. The fourth-order valence-corrected chi connectivity index (χ4v) is 4.86. The number of nitrogens with one attached hydrogen (secondary N) is 1. The first kappa shape index (κ1) is 19.7. The maximum Gasteiger partial charge on any atom is 0.253 e. The van der Waals surface area contributed by atoms with Gasteiger partial charge in [0.1, 0.15) is 11.9 Å². The van der Waals surface area contributed by atoms with E-state index in [0.717, 1.165) is 36.7 Å². The van der Waals surface area contributed by atoms with Crippen molar-refractivity contribution in [2.24, 2.45) is 0 Å². The number of rotatable bonds is 4. The van der Waals surface area contributed by atoms with Crippen molar-refractivity contribution in [2.75, 3.05) is 10.2 Å². The summed E-state index contributed by atoms with van der Waals surface area (Å²) in [7, 11) is 0. The summed E-state index contributed by atoms with van der Waals surface area (Å²) in [6, 6.07) is 13.1. The number of fused-ring (bicyclic) bond motifs is 3. The van der Waals surface area contributed by atoms with Crippen molar-refractivity contribution in [3.05, 3.63) is 54.3 Å². The van der Waals surface area contributed by atoms with Crippen LogP contribution in [0.25, 0.3) is 11.0 Å². The molecule has 1 aliphatic carbocycles. The number of nitrogens with zero attached hydrogens (tertiary/aromatic N) is 3. The number of imidazole rings is 1. The fraction of sp³-hybridized carbons (Fsp3) is 0.375. The topological polar surface area (TPSA) is 67.2 Å². The molecule has 6 nitrogen and oxygen atoms in total. The van der Waals surface area contributed by atoms with Crippen LogP contribution in [0.2, 0.25) is 0 Å². The number of para-hydroxylation sites is 3. The Balaban J connectivity index is 1.48. The van der Waals surface area contributed by atoms with Crippen molar-refractivity contribution >= 4 is 34.5 Å². The van der Waals surface area contributed by atoms with Crippen molar-refractivity contribution in [1.82, 2.24) is 9.55 Å². The van der Waals surface area contributed by atoms with Crippen LogP contribution < -0.4 is 10.2 Å². The molecule has 1 N–H and O–H groups in total. The molecule has 5 rings (SSSR count). The minimum atomic E-state index is -0.683. The maximum atomic E-state index is 14.0. The zero-order valence-corrected chi connectivity index (χ0v) is 17.3. The monoisotopic (exact) mass is 420 g/mol. The number of carbonyl (C=O) groups is 2. The third kappa shape index (κ3) is 3.58. The van der Waals surface area contributed by atoms with Crippen LogP contribution >= 0.6 is 0 Å². The van der Waals surface area contributed by atoms with E-state index in [4.69, 9.17) is 4.98 Å². The van der Waals surface area contributed by atoms with E-state index < -0.39 is 17.8 Å². The summed E-state index contributed by atoms with van der Waals surface area (Å²) in [5.41, 5.74) is 1.77. The molecule has 0 saturated heterocycles. The zero-order valence-electron chi connectivity index (χ0n) is 17.3. The molecule has 1 aromatic heterocycles. The Labute approximate surface area is 180 Å². The lowest BCUT2D eigenvalue weighted by Crippen LogP contribution is -2.39. The zero-order chi connectivity index (χ0) is 21.4. The molecule has 1 aliphatic heterocycles. The van der Waals surface area contributed by atoms with Crippen molar-refractivity contribution in [2.45, 2.75) is 57.0 Å². The Morgan fingerprint density at radius 1 is 1.03 bits per heavy atom. The number of halogens is 1. The van der Waals surface area contributed by atoms with Gasteiger partial charge >= 0.3 is 0 Å². The van der Waals surface area contributed by atoms with Gasteiger partial charge in [-0.2, -0.15) is 0 Å². The highest BCUT2D eigenvalue weighted by Crippen LogP contribution is 2.40.